The van der Waals surface area contributed by atoms with Crippen LogP contribution in [0.4, 0.5) is 0 Å². The molecule has 0 radical (unpaired) electrons. The van der Waals surface area contributed by atoms with Gasteiger partial charge >= 0.3 is 0 Å². The first-order valence-corrected chi connectivity index (χ1v) is 6.88. The Morgan fingerprint density at radius 2 is 2.11 bits per heavy atom. The van der Waals surface area contributed by atoms with Crippen LogP contribution in [0, 0.1) is 18.3 Å². The van der Waals surface area contributed by atoms with E-state index in [1.54, 1.807) is 7.11 Å². The number of nitrogens with zero attached hydrogens (tertiary/aromatic N) is 2. The van der Waals surface area contributed by atoms with Gasteiger partial charge in [0, 0.05) is 10.9 Å². The molecule has 2 aromatic rings. The van der Waals surface area contributed by atoms with E-state index >= 15 is 0 Å². The Kier molecular flexibility index (Phi) is 3.59. The molecule has 3 nitrogen and oxygen atoms in total. The maximum Gasteiger partial charge on any atom is 0.128 e. The predicted octanol–water partition coefficient (Wildman–Crippen LogP) is 3.93. The molecular formula is C15H16N2OS. The molecule has 0 amide bonds. The van der Waals surface area contributed by atoms with E-state index in [0.717, 1.165) is 27.6 Å². The first kappa shape index (κ1) is 13.6. The molecule has 19 heavy (non-hydrogen) atoms. The molecule has 2 rings (SSSR count). The van der Waals surface area contributed by atoms with Gasteiger partial charge in [0.25, 0.3) is 0 Å². The molecule has 0 atom stereocenters. The van der Waals surface area contributed by atoms with E-state index in [1.807, 2.05) is 38.3 Å². The van der Waals surface area contributed by atoms with Crippen LogP contribution in [0.2, 0.25) is 0 Å². The Hall–Kier alpha value is -1.86. The normalized spacial score (nSPS) is 11.1. The molecule has 0 saturated heterocycles. The van der Waals surface area contributed by atoms with Crippen LogP contribution in [0.1, 0.15) is 24.4 Å². The average Bonchev–Trinajstić information content (AvgIpc) is 2.89. The molecule has 0 unspecified atom stereocenters. The third kappa shape index (κ3) is 2.61. The molecule has 0 fully saturated rings. The minimum absolute atomic E-state index is 0.556. The van der Waals surface area contributed by atoms with Crippen LogP contribution >= 0.6 is 11.3 Å². The standard InChI is InChI=1S/C15H16N2OS/c1-10-5-6-13(18-4)11(7-10)12-8-19-14(17-12)15(2,3)9-16/h5-8H,1-4H3. The third-order valence-corrected chi connectivity index (χ3v) is 4.12. The van der Waals surface area contributed by atoms with Crippen molar-refractivity contribution in [3.8, 4) is 23.1 Å². The van der Waals surface area contributed by atoms with Crippen LogP contribution in [0.3, 0.4) is 0 Å². The lowest BCUT2D eigenvalue weighted by atomic mass is 9.97. The summed E-state index contributed by atoms with van der Waals surface area (Å²) in [4.78, 5) is 4.59. The van der Waals surface area contributed by atoms with Gasteiger partial charge in [0.05, 0.1) is 18.9 Å². The lowest BCUT2D eigenvalue weighted by molar-refractivity contribution is 0.416. The predicted molar refractivity (Wildman–Crippen MR) is 77.5 cm³/mol. The summed E-state index contributed by atoms with van der Waals surface area (Å²) in [6.45, 7) is 5.79. The highest BCUT2D eigenvalue weighted by atomic mass is 32.1. The Balaban J connectivity index is 2.50. The number of aryl methyl sites for hydroxylation is 1. The number of hydrogen-bond acceptors (Lipinski definition) is 4. The lowest BCUT2D eigenvalue weighted by Gasteiger charge is -2.10. The minimum atomic E-state index is -0.556. The summed E-state index contributed by atoms with van der Waals surface area (Å²) in [7, 11) is 1.65. The molecule has 0 bridgehead atoms. The molecule has 4 heteroatoms. The van der Waals surface area contributed by atoms with E-state index in [-0.39, 0.29) is 0 Å². The molecule has 98 valence electrons. The Bertz CT molecular complexity index is 638. The average molecular weight is 272 g/mol. The smallest absolute Gasteiger partial charge is 0.128 e. The molecular weight excluding hydrogens is 256 g/mol. The fraction of sp³-hybridized carbons (Fsp3) is 0.333. The van der Waals surface area contributed by atoms with Gasteiger partial charge in [-0.3, -0.25) is 0 Å². The molecule has 0 aliphatic heterocycles. The van der Waals surface area contributed by atoms with Gasteiger partial charge in [-0.05, 0) is 32.9 Å². The highest BCUT2D eigenvalue weighted by Gasteiger charge is 2.24. The Morgan fingerprint density at radius 3 is 2.74 bits per heavy atom. The van der Waals surface area contributed by atoms with E-state index in [1.165, 1.54) is 11.3 Å². The van der Waals surface area contributed by atoms with E-state index in [4.69, 9.17) is 10.00 Å². The van der Waals surface area contributed by atoms with E-state index in [2.05, 4.69) is 17.1 Å². The molecule has 1 aromatic carbocycles. The second kappa shape index (κ2) is 5.02. The van der Waals surface area contributed by atoms with Gasteiger partial charge in [0.15, 0.2) is 0 Å². The zero-order chi connectivity index (χ0) is 14.0. The molecule has 0 aliphatic carbocycles. The maximum absolute atomic E-state index is 9.16. The van der Waals surface area contributed by atoms with E-state index in [9.17, 15) is 0 Å². The van der Waals surface area contributed by atoms with Crippen molar-refractivity contribution in [1.29, 1.82) is 5.26 Å². The van der Waals surface area contributed by atoms with E-state index in [0.29, 0.717) is 0 Å². The lowest BCUT2D eigenvalue weighted by Crippen LogP contribution is -2.13. The van der Waals surface area contributed by atoms with Gasteiger partial charge in [-0.2, -0.15) is 5.26 Å². The largest absolute Gasteiger partial charge is 0.496 e. The maximum atomic E-state index is 9.16. The quantitative estimate of drug-likeness (QED) is 0.850. The number of hydrogen-bond donors (Lipinski definition) is 0. The van der Waals surface area contributed by atoms with Gasteiger partial charge < -0.3 is 4.74 Å². The van der Waals surface area contributed by atoms with Crippen LogP contribution in [-0.4, -0.2) is 12.1 Å². The van der Waals surface area contributed by atoms with Crippen molar-refractivity contribution in [2.45, 2.75) is 26.2 Å². The van der Waals surface area contributed by atoms with Crippen LogP contribution in [-0.2, 0) is 5.41 Å². The van der Waals surface area contributed by atoms with Gasteiger partial charge in [0.1, 0.15) is 16.2 Å². The van der Waals surface area contributed by atoms with Gasteiger partial charge in [-0.1, -0.05) is 11.6 Å². The summed E-state index contributed by atoms with van der Waals surface area (Å²) in [6.07, 6.45) is 0. The first-order valence-electron chi connectivity index (χ1n) is 6.00. The van der Waals surface area contributed by atoms with Crippen molar-refractivity contribution >= 4 is 11.3 Å². The number of ether oxygens (including phenoxy) is 1. The van der Waals surface area contributed by atoms with Crippen molar-refractivity contribution in [1.82, 2.24) is 4.98 Å². The topological polar surface area (TPSA) is 45.9 Å². The Labute approximate surface area is 117 Å². The number of aromatic nitrogens is 1. The number of nitriles is 1. The molecule has 0 saturated carbocycles. The van der Waals surface area contributed by atoms with Crippen molar-refractivity contribution in [2.75, 3.05) is 7.11 Å². The highest BCUT2D eigenvalue weighted by Crippen LogP contribution is 2.34. The minimum Gasteiger partial charge on any atom is -0.496 e. The summed E-state index contributed by atoms with van der Waals surface area (Å²) in [6, 6.07) is 8.28. The number of benzene rings is 1. The molecule has 1 heterocycles. The van der Waals surface area contributed by atoms with Crippen LogP contribution in [0.25, 0.3) is 11.3 Å². The highest BCUT2D eigenvalue weighted by molar-refractivity contribution is 7.10. The van der Waals surface area contributed by atoms with Gasteiger partial charge in [-0.25, -0.2) is 4.98 Å². The summed E-state index contributed by atoms with van der Waals surface area (Å²) in [5.41, 5.74) is 2.44. The molecule has 0 N–H and O–H groups in total. The molecule has 0 aliphatic rings. The summed E-state index contributed by atoms with van der Waals surface area (Å²) in [5, 5.41) is 12.0. The molecule has 0 spiro atoms. The van der Waals surface area contributed by atoms with Crippen LogP contribution < -0.4 is 4.74 Å². The summed E-state index contributed by atoms with van der Waals surface area (Å²) < 4.78 is 5.38. The number of methoxy groups -OCH3 is 1. The first-order chi connectivity index (χ1) is 8.97. The number of thiazole rings is 1. The second-order valence-electron chi connectivity index (χ2n) is 4.98. The van der Waals surface area contributed by atoms with Gasteiger partial charge in [0.2, 0.25) is 0 Å². The zero-order valence-electron chi connectivity index (χ0n) is 11.5. The zero-order valence-corrected chi connectivity index (χ0v) is 12.3. The van der Waals surface area contributed by atoms with Crippen molar-refractivity contribution in [2.24, 2.45) is 0 Å². The molecule has 1 aromatic heterocycles. The summed E-state index contributed by atoms with van der Waals surface area (Å²) in [5.74, 6) is 0.803. The van der Waals surface area contributed by atoms with Crippen molar-refractivity contribution in [3.05, 3.63) is 34.2 Å². The fourth-order valence-corrected chi connectivity index (χ4v) is 2.65. The Morgan fingerprint density at radius 1 is 1.37 bits per heavy atom. The van der Waals surface area contributed by atoms with Crippen molar-refractivity contribution in [3.63, 3.8) is 0 Å². The third-order valence-electron chi connectivity index (χ3n) is 2.95. The van der Waals surface area contributed by atoms with Gasteiger partial charge in [-0.15, -0.1) is 11.3 Å². The van der Waals surface area contributed by atoms with E-state index < -0.39 is 5.41 Å². The monoisotopic (exact) mass is 272 g/mol. The van der Waals surface area contributed by atoms with Crippen LogP contribution in [0.15, 0.2) is 23.6 Å². The summed E-state index contributed by atoms with van der Waals surface area (Å²) >= 11 is 1.51. The number of rotatable bonds is 3. The second-order valence-corrected chi connectivity index (χ2v) is 5.84. The van der Waals surface area contributed by atoms with Crippen LogP contribution in [0.5, 0.6) is 5.75 Å². The fourth-order valence-electron chi connectivity index (χ4n) is 1.75. The SMILES string of the molecule is COc1ccc(C)cc1-c1csc(C(C)(C)C#N)n1. The van der Waals surface area contributed by atoms with Crippen molar-refractivity contribution < 1.29 is 4.74 Å².